The van der Waals surface area contributed by atoms with Crippen LogP contribution in [0.5, 0.6) is 0 Å². The molecule has 3 N–H and O–H groups in total. The first-order valence-corrected chi connectivity index (χ1v) is 9.48. The molecule has 0 spiro atoms. The van der Waals surface area contributed by atoms with E-state index >= 15 is 0 Å². The molecule has 0 aromatic heterocycles. The molecule has 27 heavy (non-hydrogen) atoms. The number of benzene rings is 2. The van der Waals surface area contributed by atoms with Crippen LogP contribution in [-0.4, -0.2) is 16.9 Å². The van der Waals surface area contributed by atoms with Crippen molar-refractivity contribution in [2.45, 2.75) is 39.5 Å². The molecular weight excluding hydrogens is 358 g/mol. The fourth-order valence-electron chi connectivity index (χ4n) is 2.55. The maximum Gasteiger partial charge on any atom is 0.255 e. The molecule has 0 unspecified atom stereocenters. The predicted octanol–water partition coefficient (Wildman–Crippen LogP) is 4.64. The van der Waals surface area contributed by atoms with Crippen molar-refractivity contribution in [3.63, 3.8) is 0 Å². The van der Waals surface area contributed by atoms with Crippen LogP contribution in [-0.2, 0) is 4.79 Å². The van der Waals surface area contributed by atoms with E-state index in [0.29, 0.717) is 12.0 Å². The number of carbonyl (C=O) groups excluding carboxylic acids is 2. The second-order valence-corrected chi connectivity index (χ2v) is 6.72. The number of carbonyl (C=O) groups is 2. The van der Waals surface area contributed by atoms with Gasteiger partial charge in [0.2, 0.25) is 5.91 Å². The van der Waals surface area contributed by atoms with E-state index in [-0.39, 0.29) is 16.9 Å². The second kappa shape index (κ2) is 10.4. The van der Waals surface area contributed by atoms with Crippen molar-refractivity contribution in [2.75, 3.05) is 10.6 Å². The summed E-state index contributed by atoms with van der Waals surface area (Å²) >= 11 is 5.19. The topological polar surface area (TPSA) is 70.2 Å². The van der Waals surface area contributed by atoms with Gasteiger partial charge in [-0.2, -0.15) is 0 Å². The highest BCUT2D eigenvalue weighted by molar-refractivity contribution is 7.80. The predicted molar refractivity (Wildman–Crippen MR) is 114 cm³/mol. The first kappa shape index (κ1) is 20.6. The summed E-state index contributed by atoms with van der Waals surface area (Å²) in [6.07, 6.45) is 3.43. The molecule has 2 aromatic rings. The van der Waals surface area contributed by atoms with E-state index in [9.17, 15) is 9.59 Å². The zero-order chi connectivity index (χ0) is 19.6. The number of aryl methyl sites for hydroxylation is 1. The van der Waals surface area contributed by atoms with Gasteiger partial charge in [0.15, 0.2) is 5.11 Å². The lowest BCUT2D eigenvalue weighted by Gasteiger charge is -2.13. The molecule has 0 aliphatic carbocycles. The fourth-order valence-corrected chi connectivity index (χ4v) is 2.78. The maximum atomic E-state index is 12.3. The molecule has 0 heterocycles. The van der Waals surface area contributed by atoms with Gasteiger partial charge in [0.05, 0.1) is 0 Å². The van der Waals surface area contributed by atoms with Gasteiger partial charge in [-0.3, -0.25) is 9.59 Å². The van der Waals surface area contributed by atoms with Crippen molar-refractivity contribution in [3.8, 4) is 0 Å². The van der Waals surface area contributed by atoms with E-state index in [2.05, 4.69) is 22.9 Å². The third-order valence-corrected chi connectivity index (χ3v) is 4.23. The number of rotatable bonds is 7. The highest BCUT2D eigenvalue weighted by atomic mass is 32.1. The Morgan fingerprint density at radius 3 is 2.41 bits per heavy atom. The molecule has 5 nitrogen and oxygen atoms in total. The summed E-state index contributed by atoms with van der Waals surface area (Å²) in [5.74, 6) is -0.237. The number of amides is 2. The van der Waals surface area contributed by atoms with Gasteiger partial charge >= 0.3 is 0 Å². The second-order valence-electron chi connectivity index (χ2n) is 6.31. The van der Waals surface area contributed by atoms with E-state index in [0.717, 1.165) is 36.2 Å². The normalized spacial score (nSPS) is 10.1. The number of hydrogen-bond donors (Lipinski definition) is 3. The number of hydrogen-bond acceptors (Lipinski definition) is 3. The Morgan fingerprint density at radius 2 is 1.74 bits per heavy atom. The average molecular weight is 384 g/mol. The van der Waals surface area contributed by atoms with Crippen LogP contribution in [0.2, 0.25) is 0 Å². The van der Waals surface area contributed by atoms with Crippen LogP contribution in [0.25, 0.3) is 0 Å². The average Bonchev–Trinajstić information content (AvgIpc) is 2.64. The molecule has 0 fully saturated rings. The van der Waals surface area contributed by atoms with Gasteiger partial charge < -0.3 is 16.0 Å². The fraction of sp³-hybridized carbons (Fsp3) is 0.286. The molecule has 0 atom stereocenters. The van der Waals surface area contributed by atoms with Crippen molar-refractivity contribution in [1.82, 2.24) is 5.32 Å². The molecule has 0 saturated heterocycles. The van der Waals surface area contributed by atoms with Gasteiger partial charge in [-0.15, -0.1) is 0 Å². The SMILES string of the molecule is CCCCCC(=O)NC(=S)Nc1ccc(NC(=O)c2ccccc2)c(C)c1. The highest BCUT2D eigenvalue weighted by Crippen LogP contribution is 2.20. The summed E-state index contributed by atoms with van der Waals surface area (Å²) in [4.78, 5) is 24.1. The molecule has 0 bridgehead atoms. The summed E-state index contributed by atoms with van der Waals surface area (Å²) in [5, 5.41) is 8.86. The standard InChI is InChI=1S/C21H25N3O2S/c1-3-4-6-11-19(25)24-21(27)22-17-12-13-18(15(2)14-17)23-20(26)16-9-7-5-8-10-16/h5,7-10,12-14H,3-4,6,11H2,1-2H3,(H,23,26)(H2,22,24,25,27). The number of nitrogens with one attached hydrogen (secondary N) is 3. The van der Waals surface area contributed by atoms with E-state index in [1.54, 1.807) is 12.1 Å². The Kier molecular flexibility index (Phi) is 7.95. The summed E-state index contributed by atoms with van der Waals surface area (Å²) in [7, 11) is 0. The smallest absolute Gasteiger partial charge is 0.255 e. The molecule has 0 aliphatic heterocycles. The maximum absolute atomic E-state index is 12.3. The monoisotopic (exact) mass is 383 g/mol. The molecule has 0 radical (unpaired) electrons. The van der Waals surface area contributed by atoms with Crippen LogP contribution in [0.4, 0.5) is 11.4 Å². The minimum Gasteiger partial charge on any atom is -0.332 e. The minimum absolute atomic E-state index is 0.0792. The van der Waals surface area contributed by atoms with Crippen molar-refractivity contribution in [3.05, 3.63) is 59.7 Å². The van der Waals surface area contributed by atoms with Gasteiger partial charge in [0.25, 0.3) is 5.91 Å². The minimum atomic E-state index is -0.158. The Hall–Kier alpha value is -2.73. The van der Waals surface area contributed by atoms with E-state index < -0.39 is 0 Å². The molecule has 0 aliphatic rings. The van der Waals surface area contributed by atoms with Crippen LogP contribution in [0.15, 0.2) is 48.5 Å². The van der Waals surface area contributed by atoms with Crippen LogP contribution >= 0.6 is 12.2 Å². The summed E-state index contributed by atoms with van der Waals surface area (Å²) in [6.45, 7) is 4.00. The number of unbranched alkanes of at least 4 members (excludes halogenated alkanes) is 2. The largest absolute Gasteiger partial charge is 0.332 e. The van der Waals surface area contributed by atoms with Crippen molar-refractivity contribution >= 4 is 40.5 Å². The van der Waals surface area contributed by atoms with Crippen LogP contribution < -0.4 is 16.0 Å². The molecule has 2 rings (SSSR count). The third-order valence-electron chi connectivity index (χ3n) is 4.03. The zero-order valence-corrected chi connectivity index (χ0v) is 16.5. The van der Waals surface area contributed by atoms with Crippen molar-refractivity contribution < 1.29 is 9.59 Å². The third kappa shape index (κ3) is 6.83. The Labute approximate surface area is 165 Å². The van der Waals surface area contributed by atoms with Crippen molar-refractivity contribution in [1.29, 1.82) is 0 Å². The van der Waals surface area contributed by atoms with Gasteiger partial charge in [-0.05, 0) is 61.5 Å². The summed E-state index contributed by atoms with van der Waals surface area (Å²) in [5.41, 5.74) is 2.97. The molecule has 142 valence electrons. The molecule has 2 amide bonds. The molecule has 6 heteroatoms. The van der Waals surface area contributed by atoms with Crippen LogP contribution in [0.1, 0.15) is 48.5 Å². The first-order chi connectivity index (χ1) is 13.0. The molecule has 2 aromatic carbocycles. The van der Waals surface area contributed by atoms with Crippen LogP contribution in [0.3, 0.4) is 0 Å². The summed E-state index contributed by atoms with van der Waals surface area (Å²) in [6, 6.07) is 14.5. The quantitative estimate of drug-likeness (QED) is 0.481. The Bertz CT molecular complexity index is 806. The lowest BCUT2D eigenvalue weighted by molar-refractivity contribution is -0.119. The lowest BCUT2D eigenvalue weighted by atomic mass is 10.1. The van der Waals surface area contributed by atoms with E-state index in [4.69, 9.17) is 12.2 Å². The van der Waals surface area contributed by atoms with Gasteiger partial charge in [0.1, 0.15) is 0 Å². The first-order valence-electron chi connectivity index (χ1n) is 9.07. The molecular formula is C21H25N3O2S. The highest BCUT2D eigenvalue weighted by Gasteiger charge is 2.09. The zero-order valence-electron chi connectivity index (χ0n) is 15.7. The number of thiocarbonyl (C=S) groups is 1. The van der Waals surface area contributed by atoms with Gasteiger partial charge in [-0.1, -0.05) is 38.0 Å². The van der Waals surface area contributed by atoms with E-state index in [1.165, 1.54) is 0 Å². The van der Waals surface area contributed by atoms with Crippen molar-refractivity contribution in [2.24, 2.45) is 0 Å². The van der Waals surface area contributed by atoms with Crippen LogP contribution in [0, 0.1) is 6.92 Å². The lowest BCUT2D eigenvalue weighted by Crippen LogP contribution is -2.33. The Balaban J connectivity index is 1.91. The Morgan fingerprint density at radius 1 is 1.00 bits per heavy atom. The van der Waals surface area contributed by atoms with Gasteiger partial charge in [0, 0.05) is 23.4 Å². The molecule has 0 saturated carbocycles. The van der Waals surface area contributed by atoms with Gasteiger partial charge in [-0.25, -0.2) is 0 Å². The number of anilines is 2. The summed E-state index contributed by atoms with van der Waals surface area (Å²) < 4.78 is 0. The van der Waals surface area contributed by atoms with E-state index in [1.807, 2.05) is 43.3 Å².